The molecule has 7 nitrogen and oxygen atoms in total. The maximum atomic E-state index is 12.5. The van der Waals surface area contributed by atoms with Crippen LogP contribution >= 0.6 is 0 Å². The minimum atomic E-state index is -0.180. The summed E-state index contributed by atoms with van der Waals surface area (Å²) in [5.74, 6) is 0.487. The van der Waals surface area contributed by atoms with Gasteiger partial charge in [-0.25, -0.2) is 0 Å². The Bertz CT molecular complexity index is 890. The van der Waals surface area contributed by atoms with Crippen molar-refractivity contribution < 1.29 is 19.1 Å². The number of rotatable bonds is 8. The van der Waals surface area contributed by atoms with Crippen LogP contribution in [0.1, 0.15) is 17.3 Å². The number of anilines is 2. The fraction of sp³-hybridized carbons (Fsp3) is 0.304. The largest absolute Gasteiger partial charge is 0.489 e. The van der Waals surface area contributed by atoms with E-state index >= 15 is 0 Å². The van der Waals surface area contributed by atoms with Crippen LogP contribution in [0.5, 0.6) is 5.75 Å². The maximum Gasteiger partial charge on any atom is 0.254 e. The Hall–Kier alpha value is -3.32. The zero-order valence-corrected chi connectivity index (χ0v) is 17.1. The van der Waals surface area contributed by atoms with Gasteiger partial charge in [-0.1, -0.05) is 12.6 Å². The zero-order valence-electron chi connectivity index (χ0n) is 17.1. The Morgan fingerprint density at radius 1 is 1.10 bits per heavy atom. The molecule has 0 aromatic heterocycles. The number of hydrogen-bond donors (Lipinski definition) is 2. The molecule has 2 aromatic carbocycles. The summed E-state index contributed by atoms with van der Waals surface area (Å²) < 4.78 is 10.9. The van der Waals surface area contributed by atoms with Gasteiger partial charge in [-0.15, -0.1) is 0 Å². The van der Waals surface area contributed by atoms with E-state index in [1.807, 2.05) is 19.1 Å². The molecule has 2 N–H and O–H groups in total. The number of nitrogens with one attached hydrogen (secondary N) is 2. The molecule has 1 aliphatic rings. The second-order valence-corrected chi connectivity index (χ2v) is 7.16. The number of carbonyl (C=O) groups excluding carboxylic acids is 2. The monoisotopic (exact) mass is 409 g/mol. The Kier molecular flexibility index (Phi) is 7.45. The number of ether oxygens (including phenoxy) is 2. The molecule has 7 heteroatoms. The highest BCUT2D eigenvalue weighted by Gasteiger charge is 2.18. The molecule has 3 rings (SSSR count). The van der Waals surface area contributed by atoms with Crippen molar-refractivity contribution in [3.63, 3.8) is 0 Å². The van der Waals surface area contributed by atoms with E-state index in [0.29, 0.717) is 49.9 Å². The van der Waals surface area contributed by atoms with Gasteiger partial charge in [-0.3, -0.25) is 9.59 Å². The smallest absolute Gasteiger partial charge is 0.254 e. The summed E-state index contributed by atoms with van der Waals surface area (Å²) in [6.07, 6.45) is 0. The fourth-order valence-corrected chi connectivity index (χ4v) is 2.94. The molecule has 0 saturated carbocycles. The SMILES string of the molecule is C=C(C)COc1cccc(NC(=O)CNc2ccc(C(=O)N3CCOCC3)cc2)c1. The van der Waals surface area contributed by atoms with E-state index in [0.717, 1.165) is 11.3 Å². The molecule has 0 atom stereocenters. The van der Waals surface area contributed by atoms with Crippen molar-refractivity contribution in [1.82, 2.24) is 4.90 Å². The predicted molar refractivity (Wildman–Crippen MR) is 117 cm³/mol. The summed E-state index contributed by atoms with van der Waals surface area (Å²) in [4.78, 5) is 26.5. The van der Waals surface area contributed by atoms with E-state index in [1.54, 1.807) is 41.3 Å². The first-order valence-electron chi connectivity index (χ1n) is 9.89. The van der Waals surface area contributed by atoms with Crippen molar-refractivity contribution in [2.45, 2.75) is 6.92 Å². The number of morpholine rings is 1. The molecule has 0 unspecified atom stereocenters. The average molecular weight is 409 g/mol. The minimum Gasteiger partial charge on any atom is -0.489 e. The average Bonchev–Trinajstić information content (AvgIpc) is 2.77. The summed E-state index contributed by atoms with van der Waals surface area (Å²) in [5, 5.41) is 5.90. The zero-order chi connectivity index (χ0) is 21.3. The van der Waals surface area contributed by atoms with E-state index in [1.165, 1.54) is 0 Å². The Balaban J connectivity index is 1.48. The van der Waals surface area contributed by atoms with Crippen molar-refractivity contribution in [2.24, 2.45) is 0 Å². The van der Waals surface area contributed by atoms with Gasteiger partial charge in [0.05, 0.1) is 19.8 Å². The van der Waals surface area contributed by atoms with Crippen molar-refractivity contribution in [2.75, 3.05) is 50.1 Å². The Morgan fingerprint density at radius 3 is 2.53 bits per heavy atom. The number of benzene rings is 2. The second kappa shape index (κ2) is 10.5. The van der Waals surface area contributed by atoms with Crippen LogP contribution in [0.4, 0.5) is 11.4 Å². The van der Waals surface area contributed by atoms with Crippen LogP contribution in [-0.4, -0.2) is 56.2 Å². The van der Waals surface area contributed by atoms with Gasteiger partial charge in [0.1, 0.15) is 12.4 Å². The van der Waals surface area contributed by atoms with Crippen molar-refractivity contribution in [3.8, 4) is 5.75 Å². The van der Waals surface area contributed by atoms with Gasteiger partial charge in [0.2, 0.25) is 5.91 Å². The van der Waals surface area contributed by atoms with Crippen LogP contribution in [0, 0.1) is 0 Å². The van der Waals surface area contributed by atoms with Gasteiger partial charge in [0.15, 0.2) is 0 Å². The van der Waals surface area contributed by atoms with E-state index in [2.05, 4.69) is 17.2 Å². The summed E-state index contributed by atoms with van der Waals surface area (Å²) in [7, 11) is 0. The van der Waals surface area contributed by atoms with E-state index in [9.17, 15) is 9.59 Å². The molecule has 1 saturated heterocycles. The second-order valence-electron chi connectivity index (χ2n) is 7.16. The number of amides is 2. The van der Waals surface area contributed by atoms with Crippen molar-refractivity contribution >= 4 is 23.2 Å². The molecule has 1 aliphatic heterocycles. The first-order valence-corrected chi connectivity index (χ1v) is 9.89. The number of carbonyl (C=O) groups is 2. The lowest BCUT2D eigenvalue weighted by molar-refractivity contribution is -0.114. The van der Waals surface area contributed by atoms with Crippen molar-refractivity contribution in [1.29, 1.82) is 0 Å². The summed E-state index contributed by atoms with van der Waals surface area (Å²) in [6, 6.07) is 14.4. The molecule has 158 valence electrons. The van der Waals surface area contributed by atoms with Gasteiger partial charge >= 0.3 is 0 Å². The molecule has 0 bridgehead atoms. The van der Waals surface area contributed by atoms with E-state index in [4.69, 9.17) is 9.47 Å². The fourth-order valence-electron chi connectivity index (χ4n) is 2.94. The van der Waals surface area contributed by atoms with Gasteiger partial charge < -0.3 is 25.0 Å². The molecule has 30 heavy (non-hydrogen) atoms. The highest BCUT2D eigenvalue weighted by molar-refractivity contribution is 5.95. The van der Waals surface area contributed by atoms with Crippen LogP contribution in [0.2, 0.25) is 0 Å². The molecule has 1 fully saturated rings. The molecule has 1 heterocycles. The van der Waals surface area contributed by atoms with Gasteiger partial charge in [0, 0.05) is 36.1 Å². The molecule has 2 aromatic rings. The molecular formula is C23H27N3O4. The maximum absolute atomic E-state index is 12.5. The third kappa shape index (κ3) is 6.35. The van der Waals surface area contributed by atoms with Gasteiger partial charge in [-0.05, 0) is 48.9 Å². The topological polar surface area (TPSA) is 79.9 Å². The minimum absolute atomic E-state index is 0.00339. The highest BCUT2D eigenvalue weighted by Crippen LogP contribution is 2.18. The standard InChI is InChI=1S/C23H27N3O4/c1-17(2)16-30-21-5-3-4-20(14-21)25-22(27)15-24-19-8-6-18(7-9-19)23(28)26-10-12-29-13-11-26/h3-9,14,24H,1,10-13,15-16H2,2H3,(H,25,27). The number of nitrogens with zero attached hydrogens (tertiary/aromatic N) is 1. The lowest BCUT2D eigenvalue weighted by atomic mass is 10.1. The quantitative estimate of drug-likeness (QED) is 0.655. The van der Waals surface area contributed by atoms with Gasteiger partial charge in [-0.2, -0.15) is 0 Å². The lowest BCUT2D eigenvalue weighted by Gasteiger charge is -2.26. The van der Waals surface area contributed by atoms with E-state index < -0.39 is 0 Å². The lowest BCUT2D eigenvalue weighted by Crippen LogP contribution is -2.40. The van der Waals surface area contributed by atoms with Crippen LogP contribution in [0.3, 0.4) is 0 Å². The van der Waals surface area contributed by atoms with E-state index in [-0.39, 0.29) is 18.4 Å². The Labute approximate surface area is 176 Å². The molecule has 0 spiro atoms. The van der Waals surface area contributed by atoms with Gasteiger partial charge in [0.25, 0.3) is 5.91 Å². The van der Waals surface area contributed by atoms with Crippen LogP contribution < -0.4 is 15.4 Å². The Morgan fingerprint density at radius 2 is 1.83 bits per heavy atom. The molecule has 0 aliphatic carbocycles. The van der Waals surface area contributed by atoms with Crippen LogP contribution in [-0.2, 0) is 9.53 Å². The van der Waals surface area contributed by atoms with Crippen LogP contribution in [0.25, 0.3) is 0 Å². The van der Waals surface area contributed by atoms with Crippen LogP contribution in [0.15, 0.2) is 60.7 Å². The van der Waals surface area contributed by atoms with Crippen molar-refractivity contribution in [3.05, 3.63) is 66.2 Å². The summed E-state index contributed by atoms with van der Waals surface area (Å²) in [6.45, 7) is 8.60. The molecule has 2 amide bonds. The first kappa shape index (κ1) is 21.4. The third-order valence-electron chi connectivity index (χ3n) is 4.49. The third-order valence-corrected chi connectivity index (χ3v) is 4.49. The summed E-state index contributed by atoms with van der Waals surface area (Å²) in [5.41, 5.74) is 2.97. The molecule has 0 radical (unpaired) electrons. The summed E-state index contributed by atoms with van der Waals surface area (Å²) >= 11 is 0. The number of hydrogen-bond acceptors (Lipinski definition) is 5. The molecular weight excluding hydrogens is 382 g/mol. The first-order chi connectivity index (χ1) is 14.5. The highest BCUT2D eigenvalue weighted by atomic mass is 16.5. The predicted octanol–water partition coefficient (Wildman–Crippen LogP) is 3.16. The normalized spacial score (nSPS) is 13.4.